The van der Waals surface area contributed by atoms with E-state index in [9.17, 15) is 9.90 Å². The molecule has 0 aliphatic rings. The van der Waals surface area contributed by atoms with Crippen molar-refractivity contribution in [3.8, 4) is 22.3 Å². The van der Waals surface area contributed by atoms with Gasteiger partial charge in [0.15, 0.2) is 0 Å². The third-order valence-corrected chi connectivity index (χ3v) is 4.68. The summed E-state index contributed by atoms with van der Waals surface area (Å²) in [6, 6.07) is 21.2. The molecular formula is C22H20ClNO2. The average molecular weight is 366 g/mol. The molecule has 1 atom stereocenters. The molecule has 3 aromatic rings. The second kappa shape index (κ2) is 7.63. The summed E-state index contributed by atoms with van der Waals surface area (Å²) in [5.41, 5.74) is 5.66. The highest BCUT2D eigenvalue weighted by atomic mass is 35.5. The smallest absolute Gasteiger partial charge is 0.325 e. The number of anilines is 1. The van der Waals surface area contributed by atoms with E-state index in [0.717, 1.165) is 33.5 Å². The van der Waals surface area contributed by atoms with Crippen molar-refractivity contribution in [2.24, 2.45) is 0 Å². The van der Waals surface area contributed by atoms with Gasteiger partial charge < -0.3 is 10.4 Å². The standard InChI is InChI=1S/C22H20ClNO2/c1-14-7-6-10-19(21(14)24-15(2)22(25)26)18-12-11-17(13-20(18)23)16-8-4-3-5-9-16/h3-13,15,24H,1-2H3,(H,25,26)/t15-/m0/s1. The Kier molecular flexibility index (Phi) is 5.29. The van der Waals surface area contributed by atoms with E-state index in [1.165, 1.54) is 0 Å². The van der Waals surface area contributed by atoms with Gasteiger partial charge in [0.1, 0.15) is 6.04 Å². The van der Waals surface area contributed by atoms with E-state index in [4.69, 9.17) is 11.6 Å². The molecule has 0 fully saturated rings. The molecule has 0 unspecified atom stereocenters. The molecule has 3 rings (SSSR count). The lowest BCUT2D eigenvalue weighted by Gasteiger charge is -2.19. The van der Waals surface area contributed by atoms with Crippen molar-refractivity contribution in [1.82, 2.24) is 0 Å². The second-order valence-electron chi connectivity index (χ2n) is 6.26. The number of aryl methyl sites for hydroxylation is 1. The molecule has 3 aromatic carbocycles. The Bertz CT molecular complexity index is 938. The summed E-state index contributed by atoms with van der Waals surface area (Å²) in [6.07, 6.45) is 0. The quantitative estimate of drug-likeness (QED) is 0.594. The summed E-state index contributed by atoms with van der Waals surface area (Å²) in [6.45, 7) is 3.57. The number of aliphatic carboxylic acids is 1. The van der Waals surface area contributed by atoms with Crippen LogP contribution in [-0.4, -0.2) is 17.1 Å². The van der Waals surface area contributed by atoms with Crippen LogP contribution in [0.5, 0.6) is 0 Å². The lowest BCUT2D eigenvalue weighted by Crippen LogP contribution is -2.26. The van der Waals surface area contributed by atoms with Gasteiger partial charge in [-0.05, 0) is 36.6 Å². The van der Waals surface area contributed by atoms with Gasteiger partial charge in [-0.1, -0.05) is 72.3 Å². The van der Waals surface area contributed by atoms with E-state index in [1.54, 1.807) is 6.92 Å². The van der Waals surface area contributed by atoms with Gasteiger partial charge in [0.05, 0.1) is 0 Å². The number of hydrogen-bond donors (Lipinski definition) is 2. The Morgan fingerprint density at radius 3 is 2.35 bits per heavy atom. The van der Waals surface area contributed by atoms with E-state index in [2.05, 4.69) is 5.32 Å². The topological polar surface area (TPSA) is 49.3 Å². The van der Waals surface area contributed by atoms with Crippen molar-refractivity contribution < 1.29 is 9.90 Å². The summed E-state index contributed by atoms with van der Waals surface area (Å²) < 4.78 is 0. The zero-order valence-electron chi connectivity index (χ0n) is 14.7. The fraction of sp³-hybridized carbons (Fsp3) is 0.136. The van der Waals surface area contributed by atoms with Crippen molar-refractivity contribution in [3.63, 3.8) is 0 Å². The first-order chi connectivity index (χ1) is 12.5. The van der Waals surface area contributed by atoms with Crippen LogP contribution in [0.3, 0.4) is 0 Å². The molecule has 0 bridgehead atoms. The first kappa shape index (κ1) is 18.0. The lowest BCUT2D eigenvalue weighted by atomic mass is 9.97. The van der Waals surface area contributed by atoms with Gasteiger partial charge >= 0.3 is 5.97 Å². The Balaban J connectivity index is 2.04. The summed E-state index contributed by atoms with van der Waals surface area (Å²) in [7, 11) is 0. The average Bonchev–Trinajstić information content (AvgIpc) is 2.64. The molecular weight excluding hydrogens is 346 g/mol. The van der Waals surface area contributed by atoms with E-state index < -0.39 is 12.0 Å². The Morgan fingerprint density at radius 1 is 0.962 bits per heavy atom. The third kappa shape index (κ3) is 3.73. The predicted octanol–water partition coefficient (Wildman–Crippen LogP) is 5.87. The van der Waals surface area contributed by atoms with Crippen molar-refractivity contribution in [2.45, 2.75) is 19.9 Å². The van der Waals surface area contributed by atoms with Gasteiger partial charge in [-0.2, -0.15) is 0 Å². The molecule has 0 saturated heterocycles. The van der Waals surface area contributed by atoms with Crippen LogP contribution in [0.25, 0.3) is 22.3 Å². The van der Waals surface area contributed by atoms with Crippen molar-refractivity contribution in [2.75, 3.05) is 5.32 Å². The maximum absolute atomic E-state index is 11.2. The van der Waals surface area contributed by atoms with Crippen LogP contribution in [0.4, 0.5) is 5.69 Å². The van der Waals surface area contributed by atoms with Gasteiger partial charge in [-0.25, -0.2) is 0 Å². The van der Waals surface area contributed by atoms with Crippen LogP contribution >= 0.6 is 11.6 Å². The SMILES string of the molecule is Cc1cccc(-c2ccc(-c3ccccc3)cc2Cl)c1N[C@@H](C)C(=O)O. The number of carboxylic acid groups (broad SMARTS) is 1. The predicted molar refractivity (Wildman–Crippen MR) is 108 cm³/mol. The fourth-order valence-corrected chi connectivity index (χ4v) is 3.19. The fourth-order valence-electron chi connectivity index (χ4n) is 2.91. The zero-order valence-corrected chi connectivity index (χ0v) is 15.4. The summed E-state index contributed by atoms with van der Waals surface area (Å²) in [4.78, 5) is 11.2. The highest BCUT2D eigenvalue weighted by Gasteiger charge is 2.16. The minimum Gasteiger partial charge on any atom is -0.480 e. The largest absolute Gasteiger partial charge is 0.480 e. The number of hydrogen-bond acceptors (Lipinski definition) is 2. The monoisotopic (exact) mass is 365 g/mol. The van der Waals surface area contributed by atoms with E-state index in [-0.39, 0.29) is 0 Å². The maximum atomic E-state index is 11.2. The van der Waals surface area contributed by atoms with E-state index in [0.29, 0.717) is 5.02 Å². The van der Waals surface area contributed by atoms with Crippen molar-refractivity contribution in [1.29, 1.82) is 0 Å². The molecule has 0 spiro atoms. The van der Waals surface area contributed by atoms with Crippen LogP contribution in [0.15, 0.2) is 66.7 Å². The Morgan fingerprint density at radius 2 is 1.69 bits per heavy atom. The van der Waals surface area contributed by atoms with Gasteiger partial charge in [-0.3, -0.25) is 4.79 Å². The van der Waals surface area contributed by atoms with Gasteiger partial charge in [0.2, 0.25) is 0 Å². The van der Waals surface area contributed by atoms with E-state index in [1.807, 2.05) is 73.7 Å². The molecule has 0 aliphatic heterocycles. The number of benzene rings is 3. The minimum atomic E-state index is -0.898. The second-order valence-corrected chi connectivity index (χ2v) is 6.67. The summed E-state index contributed by atoms with van der Waals surface area (Å²) in [5.74, 6) is -0.898. The molecule has 4 heteroatoms. The molecule has 0 radical (unpaired) electrons. The number of carbonyl (C=O) groups is 1. The highest BCUT2D eigenvalue weighted by molar-refractivity contribution is 6.33. The third-order valence-electron chi connectivity index (χ3n) is 4.37. The summed E-state index contributed by atoms with van der Waals surface area (Å²) >= 11 is 6.59. The number of carboxylic acids is 1. The molecule has 3 nitrogen and oxygen atoms in total. The molecule has 26 heavy (non-hydrogen) atoms. The number of rotatable bonds is 5. The molecule has 132 valence electrons. The number of halogens is 1. The molecule has 0 amide bonds. The van der Waals surface area contributed by atoms with Gasteiger partial charge in [0, 0.05) is 21.8 Å². The molecule has 0 aromatic heterocycles. The maximum Gasteiger partial charge on any atom is 0.325 e. The van der Waals surface area contributed by atoms with Crippen LogP contribution in [-0.2, 0) is 4.79 Å². The van der Waals surface area contributed by atoms with Crippen molar-refractivity contribution >= 4 is 23.3 Å². The van der Waals surface area contributed by atoms with E-state index >= 15 is 0 Å². The van der Waals surface area contributed by atoms with Crippen LogP contribution in [0, 0.1) is 6.92 Å². The molecule has 2 N–H and O–H groups in total. The first-order valence-corrected chi connectivity index (χ1v) is 8.79. The Labute approximate surface area is 158 Å². The van der Waals surface area contributed by atoms with Crippen molar-refractivity contribution in [3.05, 3.63) is 77.3 Å². The van der Waals surface area contributed by atoms with Gasteiger partial charge in [-0.15, -0.1) is 0 Å². The first-order valence-electron chi connectivity index (χ1n) is 8.41. The number of para-hydroxylation sites is 1. The Hall–Kier alpha value is -2.78. The number of nitrogens with one attached hydrogen (secondary N) is 1. The molecule has 0 saturated carbocycles. The molecule has 0 heterocycles. The van der Waals surface area contributed by atoms with Gasteiger partial charge in [0.25, 0.3) is 0 Å². The van der Waals surface area contributed by atoms with Crippen LogP contribution < -0.4 is 5.32 Å². The lowest BCUT2D eigenvalue weighted by molar-refractivity contribution is -0.137. The van der Waals surface area contributed by atoms with Crippen LogP contribution in [0.2, 0.25) is 5.02 Å². The normalized spacial score (nSPS) is 11.8. The van der Waals surface area contributed by atoms with Crippen LogP contribution in [0.1, 0.15) is 12.5 Å². The zero-order chi connectivity index (χ0) is 18.7. The summed E-state index contributed by atoms with van der Waals surface area (Å²) in [5, 5.41) is 12.9. The highest BCUT2D eigenvalue weighted by Crippen LogP contribution is 2.37. The molecule has 0 aliphatic carbocycles. The minimum absolute atomic E-state index is 0.628.